The molecular weight excluding hydrogens is 296 g/mol. The Morgan fingerprint density at radius 1 is 1.05 bits per heavy atom. The summed E-state index contributed by atoms with van der Waals surface area (Å²) >= 11 is 4.01. The van der Waals surface area contributed by atoms with Gasteiger partial charge in [0.2, 0.25) is 0 Å². The second-order valence-corrected chi connectivity index (χ2v) is 7.23. The average molecular weight is 323 g/mol. The molecule has 0 saturated heterocycles. The highest BCUT2D eigenvalue weighted by Crippen LogP contribution is 2.50. The maximum Gasteiger partial charge on any atom is 0.0449 e. The Hall–Kier alpha value is -0.300. The van der Waals surface area contributed by atoms with E-state index in [2.05, 4.69) is 54.9 Å². The van der Waals surface area contributed by atoms with Gasteiger partial charge in [-0.2, -0.15) is 0 Å². The Bertz CT molecular complexity index is 416. The van der Waals surface area contributed by atoms with E-state index in [0.717, 1.165) is 12.8 Å². The van der Waals surface area contributed by atoms with Gasteiger partial charge in [-0.05, 0) is 47.8 Å². The van der Waals surface area contributed by atoms with Crippen LogP contribution in [0.4, 0.5) is 0 Å². The Balaban J connectivity index is 2.25. The topological polar surface area (TPSA) is 0 Å². The van der Waals surface area contributed by atoms with E-state index in [-0.39, 0.29) is 0 Å². The number of hydrogen-bond donors (Lipinski definition) is 0. The van der Waals surface area contributed by atoms with Gasteiger partial charge >= 0.3 is 0 Å². The lowest BCUT2D eigenvalue weighted by Crippen LogP contribution is -2.25. The number of benzene rings is 1. The van der Waals surface area contributed by atoms with Crippen LogP contribution in [0.3, 0.4) is 0 Å². The molecule has 0 amide bonds. The lowest BCUT2D eigenvalue weighted by molar-refractivity contribution is 0.213. The first-order chi connectivity index (χ1) is 9.10. The van der Waals surface area contributed by atoms with Crippen LogP contribution in [0.25, 0.3) is 0 Å². The fraction of sp³-hybridized carbons (Fsp3) is 0.667. The van der Waals surface area contributed by atoms with Gasteiger partial charge in [-0.25, -0.2) is 0 Å². The summed E-state index contributed by atoms with van der Waals surface area (Å²) in [6.07, 6.45) is 9.23. The molecule has 1 atom stereocenters. The molecule has 19 heavy (non-hydrogen) atoms. The summed E-state index contributed by atoms with van der Waals surface area (Å²) in [7, 11) is 0. The standard InChI is InChI=1S/C18H27Br/c1-4-14-9-10-16(13-15(14)5-2)17(19)18(3)11-7-6-8-12-18/h9-10,13,17H,4-8,11-12H2,1-3H3. The van der Waals surface area contributed by atoms with E-state index in [4.69, 9.17) is 0 Å². The zero-order valence-electron chi connectivity index (χ0n) is 12.6. The van der Waals surface area contributed by atoms with E-state index in [9.17, 15) is 0 Å². The third-order valence-electron chi connectivity index (χ3n) is 4.89. The van der Waals surface area contributed by atoms with Crippen molar-refractivity contribution in [2.24, 2.45) is 5.41 Å². The van der Waals surface area contributed by atoms with Crippen LogP contribution in [-0.2, 0) is 12.8 Å². The van der Waals surface area contributed by atoms with Crippen molar-refractivity contribution in [3.63, 3.8) is 0 Å². The molecule has 0 aromatic heterocycles. The molecule has 0 N–H and O–H groups in total. The summed E-state index contributed by atoms with van der Waals surface area (Å²) in [6.45, 7) is 6.98. The first kappa shape index (κ1) is 15.1. The van der Waals surface area contributed by atoms with Crippen LogP contribution >= 0.6 is 15.9 Å². The Kier molecular flexibility index (Phi) is 5.11. The van der Waals surface area contributed by atoms with Gasteiger partial charge in [-0.15, -0.1) is 0 Å². The highest BCUT2D eigenvalue weighted by Gasteiger charge is 2.34. The van der Waals surface area contributed by atoms with E-state index >= 15 is 0 Å². The Morgan fingerprint density at radius 2 is 1.68 bits per heavy atom. The second-order valence-electron chi connectivity index (χ2n) is 6.31. The Labute approximate surface area is 127 Å². The lowest BCUT2D eigenvalue weighted by atomic mass is 9.71. The number of alkyl halides is 1. The molecule has 1 fully saturated rings. The van der Waals surface area contributed by atoms with Crippen LogP contribution < -0.4 is 0 Å². The first-order valence-corrected chi connectivity index (χ1v) is 8.78. The van der Waals surface area contributed by atoms with Crippen molar-refractivity contribution in [2.75, 3.05) is 0 Å². The molecule has 1 aliphatic carbocycles. The number of rotatable bonds is 4. The summed E-state index contributed by atoms with van der Waals surface area (Å²) in [5, 5.41) is 0. The van der Waals surface area contributed by atoms with Gasteiger partial charge in [0.05, 0.1) is 0 Å². The SMILES string of the molecule is CCc1ccc(C(Br)C2(C)CCCCC2)cc1CC. The van der Waals surface area contributed by atoms with Crippen molar-refractivity contribution < 1.29 is 0 Å². The first-order valence-electron chi connectivity index (χ1n) is 7.86. The van der Waals surface area contributed by atoms with Crippen LogP contribution in [0.2, 0.25) is 0 Å². The predicted molar refractivity (Wildman–Crippen MR) is 88.1 cm³/mol. The predicted octanol–water partition coefficient (Wildman–Crippen LogP) is 6.22. The largest absolute Gasteiger partial charge is 0.0833 e. The van der Waals surface area contributed by atoms with Crippen molar-refractivity contribution in [1.29, 1.82) is 0 Å². The van der Waals surface area contributed by atoms with Crippen LogP contribution in [0, 0.1) is 5.41 Å². The highest BCUT2D eigenvalue weighted by molar-refractivity contribution is 9.09. The van der Waals surface area contributed by atoms with Gasteiger partial charge in [0.15, 0.2) is 0 Å². The van der Waals surface area contributed by atoms with E-state index in [1.807, 2.05) is 0 Å². The number of aryl methyl sites for hydroxylation is 2. The highest BCUT2D eigenvalue weighted by atomic mass is 79.9. The van der Waals surface area contributed by atoms with Gasteiger partial charge in [0.1, 0.15) is 0 Å². The van der Waals surface area contributed by atoms with Crippen LogP contribution in [0.5, 0.6) is 0 Å². The van der Waals surface area contributed by atoms with Gasteiger partial charge < -0.3 is 0 Å². The molecule has 1 unspecified atom stereocenters. The summed E-state index contributed by atoms with van der Waals surface area (Å²) < 4.78 is 0. The Morgan fingerprint density at radius 3 is 2.26 bits per heavy atom. The molecule has 1 heteroatoms. The van der Waals surface area contributed by atoms with E-state index in [0.29, 0.717) is 10.2 Å². The molecule has 0 nitrogen and oxygen atoms in total. The zero-order valence-corrected chi connectivity index (χ0v) is 14.2. The maximum atomic E-state index is 4.01. The molecule has 1 aliphatic rings. The van der Waals surface area contributed by atoms with Crippen molar-refractivity contribution in [2.45, 2.75) is 70.5 Å². The molecule has 0 radical (unpaired) electrons. The average Bonchev–Trinajstić information content (AvgIpc) is 2.46. The van der Waals surface area contributed by atoms with E-state index in [1.54, 1.807) is 0 Å². The van der Waals surface area contributed by atoms with Crippen molar-refractivity contribution in [3.8, 4) is 0 Å². The van der Waals surface area contributed by atoms with Crippen molar-refractivity contribution in [1.82, 2.24) is 0 Å². The van der Waals surface area contributed by atoms with Crippen LogP contribution in [-0.4, -0.2) is 0 Å². The second kappa shape index (κ2) is 6.43. The summed E-state index contributed by atoms with van der Waals surface area (Å²) in [6, 6.07) is 7.13. The number of hydrogen-bond acceptors (Lipinski definition) is 0. The van der Waals surface area contributed by atoms with Crippen LogP contribution in [0.15, 0.2) is 18.2 Å². The van der Waals surface area contributed by atoms with Crippen LogP contribution in [0.1, 0.15) is 74.4 Å². The summed E-state index contributed by atoms with van der Waals surface area (Å²) in [5.74, 6) is 0. The minimum atomic E-state index is 0.441. The van der Waals surface area contributed by atoms with Gasteiger partial charge in [0, 0.05) is 4.83 Å². The van der Waals surface area contributed by atoms with Crippen molar-refractivity contribution in [3.05, 3.63) is 34.9 Å². The lowest BCUT2D eigenvalue weighted by Gasteiger charge is -2.38. The molecule has 0 spiro atoms. The molecule has 0 bridgehead atoms. The quantitative estimate of drug-likeness (QED) is 0.577. The molecule has 106 valence electrons. The minimum absolute atomic E-state index is 0.441. The smallest absolute Gasteiger partial charge is 0.0449 e. The third kappa shape index (κ3) is 3.24. The van der Waals surface area contributed by atoms with E-state index in [1.165, 1.54) is 48.8 Å². The zero-order chi connectivity index (χ0) is 13.9. The molecule has 0 aliphatic heterocycles. The monoisotopic (exact) mass is 322 g/mol. The summed E-state index contributed by atoms with van der Waals surface area (Å²) in [5.41, 5.74) is 4.97. The molecule has 1 aromatic carbocycles. The molecule has 1 aromatic rings. The molecule has 1 saturated carbocycles. The fourth-order valence-corrected chi connectivity index (χ4v) is 4.24. The molecule has 2 rings (SSSR count). The fourth-order valence-electron chi connectivity index (χ4n) is 3.49. The molecular formula is C18H27Br. The van der Waals surface area contributed by atoms with E-state index < -0.39 is 0 Å². The maximum absolute atomic E-state index is 4.01. The van der Waals surface area contributed by atoms with Gasteiger partial charge in [0.25, 0.3) is 0 Å². The number of halogens is 1. The third-order valence-corrected chi connectivity index (χ3v) is 6.53. The molecule has 0 heterocycles. The van der Waals surface area contributed by atoms with Crippen molar-refractivity contribution >= 4 is 15.9 Å². The summed E-state index contributed by atoms with van der Waals surface area (Å²) in [4.78, 5) is 0.511. The van der Waals surface area contributed by atoms with Gasteiger partial charge in [-0.1, -0.05) is 74.2 Å². The van der Waals surface area contributed by atoms with Gasteiger partial charge in [-0.3, -0.25) is 0 Å². The normalized spacial score (nSPS) is 20.2. The minimum Gasteiger partial charge on any atom is -0.0833 e.